The van der Waals surface area contributed by atoms with E-state index in [9.17, 15) is 18.0 Å². The number of anilines is 1. The molecule has 1 atom stereocenters. The van der Waals surface area contributed by atoms with Gasteiger partial charge < -0.3 is 10.2 Å². The van der Waals surface area contributed by atoms with Crippen LogP contribution in [0, 0.1) is 5.92 Å². The second-order valence-electron chi connectivity index (χ2n) is 8.88. The van der Waals surface area contributed by atoms with Crippen LogP contribution in [-0.2, 0) is 26.2 Å². The van der Waals surface area contributed by atoms with Crippen LogP contribution in [0.25, 0.3) is 0 Å². The molecule has 2 rings (SSSR count). The van der Waals surface area contributed by atoms with Crippen molar-refractivity contribution in [1.82, 2.24) is 10.2 Å². The zero-order chi connectivity index (χ0) is 26.2. The number of carbonyl (C=O) groups is 2. The summed E-state index contributed by atoms with van der Waals surface area (Å²) >= 11 is 12.0. The molecule has 0 radical (unpaired) electrons. The molecule has 192 valence electrons. The van der Waals surface area contributed by atoms with E-state index in [-0.39, 0.29) is 43.7 Å². The molecule has 0 saturated heterocycles. The Kier molecular flexibility index (Phi) is 10.9. The molecule has 0 bridgehead atoms. The Balaban J connectivity index is 2.15. The van der Waals surface area contributed by atoms with E-state index in [1.54, 1.807) is 49.4 Å². The average molecular weight is 543 g/mol. The van der Waals surface area contributed by atoms with Gasteiger partial charge in [0.15, 0.2) is 0 Å². The molecule has 2 aromatic rings. The zero-order valence-corrected chi connectivity index (χ0v) is 22.8. The Hall–Kier alpha value is -2.29. The summed E-state index contributed by atoms with van der Waals surface area (Å²) < 4.78 is 26.0. The van der Waals surface area contributed by atoms with Crippen LogP contribution < -0.4 is 9.62 Å². The highest BCUT2D eigenvalue weighted by molar-refractivity contribution is 7.92. The number of nitrogens with zero attached hydrogens (tertiary/aromatic N) is 2. The van der Waals surface area contributed by atoms with Crippen LogP contribution in [0.2, 0.25) is 10.0 Å². The van der Waals surface area contributed by atoms with Gasteiger partial charge in [-0.15, -0.1) is 0 Å². The summed E-state index contributed by atoms with van der Waals surface area (Å²) in [6, 6.07) is 12.9. The number of rotatable bonds is 12. The number of hydrogen-bond acceptors (Lipinski definition) is 4. The van der Waals surface area contributed by atoms with Crippen molar-refractivity contribution in [3.8, 4) is 0 Å². The van der Waals surface area contributed by atoms with Gasteiger partial charge in [-0.05, 0) is 61.2 Å². The van der Waals surface area contributed by atoms with Crippen molar-refractivity contribution in [2.75, 3.05) is 23.7 Å². The molecule has 0 heterocycles. The third-order valence-corrected chi connectivity index (χ3v) is 7.04. The molecule has 35 heavy (non-hydrogen) atoms. The standard InChI is InChI=1S/C25H33Cl2N3O4S/c1-18(2)16-28-25(32)19(3)29(17-20-7-5-8-22(27)15-20)24(31)9-6-14-30(35(4,33)34)23-12-10-21(26)11-13-23/h5,7-8,10-13,15,18-19H,6,9,14,16-17H2,1-4H3,(H,28,32). The van der Waals surface area contributed by atoms with E-state index in [0.29, 0.717) is 22.3 Å². The minimum atomic E-state index is -3.56. The number of hydrogen-bond donors (Lipinski definition) is 1. The molecule has 2 aromatic carbocycles. The molecule has 1 unspecified atom stereocenters. The van der Waals surface area contributed by atoms with E-state index in [4.69, 9.17) is 23.2 Å². The van der Waals surface area contributed by atoms with Crippen LogP contribution in [-0.4, -0.2) is 50.5 Å². The maximum absolute atomic E-state index is 13.3. The molecule has 0 aliphatic rings. The summed E-state index contributed by atoms with van der Waals surface area (Å²) in [5.74, 6) is -0.215. The van der Waals surface area contributed by atoms with Crippen molar-refractivity contribution in [2.45, 2.75) is 46.2 Å². The van der Waals surface area contributed by atoms with Crippen molar-refractivity contribution in [3.05, 3.63) is 64.1 Å². The summed E-state index contributed by atoms with van der Waals surface area (Å²) in [6.07, 6.45) is 1.47. The van der Waals surface area contributed by atoms with E-state index in [2.05, 4.69) is 5.32 Å². The monoisotopic (exact) mass is 541 g/mol. The van der Waals surface area contributed by atoms with E-state index >= 15 is 0 Å². The van der Waals surface area contributed by atoms with Crippen LogP contribution in [0.4, 0.5) is 5.69 Å². The van der Waals surface area contributed by atoms with E-state index in [1.807, 2.05) is 19.9 Å². The maximum Gasteiger partial charge on any atom is 0.242 e. The van der Waals surface area contributed by atoms with Gasteiger partial charge in [0.25, 0.3) is 0 Å². The van der Waals surface area contributed by atoms with Crippen molar-refractivity contribution >= 4 is 50.7 Å². The van der Waals surface area contributed by atoms with Gasteiger partial charge in [-0.2, -0.15) is 0 Å². The lowest BCUT2D eigenvalue weighted by Gasteiger charge is -2.29. The lowest BCUT2D eigenvalue weighted by atomic mass is 10.1. The van der Waals surface area contributed by atoms with Crippen molar-refractivity contribution < 1.29 is 18.0 Å². The Morgan fingerprint density at radius 2 is 1.66 bits per heavy atom. The minimum Gasteiger partial charge on any atom is -0.354 e. The molecule has 2 amide bonds. The SMILES string of the molecule is CC(C)CNC(=O)C(C)N(Cc1cccc(Cl)c1)C(=O)CCCN(c1ccc(Cl)cc1)S(C)(=O)=O. The quantitative estimate of drug-likeness (QED) is 0.420. The topological polar surface area (TPSA) is 86.8 Å². The summed E-state index contributed by atoms with van der Waals surface area (Å²) in [6.45, 7) is 6.51. The largest absolute Gasteiger partial charge is 0.354 e. The molecule has 7 nitrogen and oxygen atoms in total. The highest BCUT2D eigenvalue weighted by Crippen LogP contribution is 2.22. The molecular weight excluding hydrogens is 509 g/mol. The van der Waals surface area contributed by atoms with Crippen LogP contribution in [0.1, 0.15) is 39.2 Å². The van der Waals surface area contributed by atoms with Gasteiger partial charge in [-0.1, -0.05) is 49.2 Å². The number of benzene rings is 2. The van der Waals surface area contributed by atoms with Crippen molar-refractivity contribution in [1.29, 1.82) is 0 Å². The fourth-order valence-corrected chi connectivity index (χ4v) is 4.78. The highest BCUT2D eigenvalue weighted by Gasteiger charge is 2.26. The molecule has 10 heteroatoms. The fourth-order valence-electron chi connectivity index (χ4n) is 3.48. The van der Waals surface area contributed by atoms with Gasteiger partial charge >= 0.3 is 0 Å². The Morgan fingerprint density at radius 3 is 2.23 bits per heavy atom. The molecule has 0 fully saturated rings. The third kappa shape index (κ3) is 9.35. The lowest BCUT2D eigenvalue weighted by molar-refractivity contribution is -0.140. The first-order valence-electron chi connectivity index (χ1n) is 11.4. The van der Waals surface area contributed by atoms with Crippen molar-refractivity contribution in [3.63, 3.8) is 0 Å². The average Bonchev–Trinajstić information content (AvgIpc) is 2.78. The second kappa shape index (κ2) is 13.1. The molecule has 0 aliphatic carbocycles. The predicted molar refractivity (Wildman–Crippen MR) is 142 cm³/mol. The summed E-state index contributed by atoms with van der Waals surface area (Å²) in [5.41, 5.74) is 1.27. The Bertz CT molecular complexity index is 1110. The molecule has 0 spiro atoms. The molecule has 0 aliphatic heterocycles. The van der Waals surface area contributed by atoms with Gasteiger partial charge in [0.05, 0.1) is 11.9 Å². The predicted octanol–water partition coefficient (Wildman–Crippen LogP) is 4.73. The summed E-state index contributed by atoms with van der Waals surface area (Å²) in [7, 11) is -3.56. The highest BCUT2D eigenvalue weighted by atomic mass is 35.5. The van der Waals surface area contributed by atoms with E-state index in [1.165, 1.54) is 9.21 Å². The van der Waals surface area contributed by atoms with Gasteiger partial charge in [-0.3, -0.25) is 13.9 Å². The van der Waals surface area contributed by atoms with Gasteiger partial charge in [0.2, 0.25) is 21.8 Å². The first kappa shape index (κ1) is 28.9. The Morgan fingerprint density at radius 1 is 1.00 bits per heavy atom. The normalized spacial score (nSPS) is 12.3. The number of nitrogens with one attached hydrogen (secondary N) is 1. The second-order valence-corrected chi connectivity index (χ2v) is 11.7. The van der Waals surface area contributed by atoms with Crippen LogP contribution in [0.15, 0.2) is 48.5 Å². The molecular formula is C25H33Cl2N3O4S. The number of carbonyl (C=O) groups excluding carboxylic acids is 2. The zero-order valence-electron chi connectivity index (χ0n) is 20.5. The van der Waals surface area contributed by atoms with E-state index in [0.717, 1.165) is 11.8 Å². The number of halogens is 2. The smallest absolute Gasteiger partial charge is 0.242 e. The number of amides is 2. The van der Waals surface area contributed by atoms with Crippen LogP contribution >= 0.6 is 23.2 Å². The summed E-state index contributed by atoms with van der Waals surface area (Å²) in [5, 5.41) is 3.92. The van der Waals surface area contributed by atoms with Gasteiger partial charge in [-0.25, -0.2) is 8.42 Å². The minimum absolute atomic E-state index is 0.0714. The molecule has 0 aromatic heterocycles. The molecule has 0 saturated carbocycles. The third-order valence-electron chi connectivity index (χ3n) is 5.36. The fraction of sp³-hybridized carbons (Fsp3) is 0.440. The van der Waals surface area contributed by atoms with E-state index < -0.39 is 16.1 Å². The maximum atomic E-state index is 13.3. The first-order chi connectivity index (χ1) is 16.4. The number of sulfonamides is 1. The lowest BCUT2D eigenvalue weighted by Crippen LogP contribution is -2.48. The van der Waals surface area contributed by atoms with Crippen LogP contribution in [0.3, 0.4) is 0 Å². The first-order valence-corrected chi connectivity index (χ1v) is 14.0. The Labute approximate surface area is 218 Å². The molecule has 1 N–H and O–H groups in total. The summed E-state index contributed by atoms with van der Waals surface area (Å²) in [4.78, 5) is 27.5. The van der Waals surface area contributed by atoms with Gasteiger partial charge in [0, 0.05) is 36.1 Å². The van der Waals surface area contributed by atoms with Crippen LogP contribution in [0.5, 0.6) is 0 Å². The van der Waals surface area contributed by atoms with Crippen molar-refractivity contribution in [2.24, 2.45) is 5.92 Å². The van der Waals surface area contributed by atoms with Gasteiger partial charge in [0.1, 0.15) is 6.04 Å².